The van der Waals surface area contributed by atoms with E-state index in [1.54, 1.807) is 0 Å². The molecule has 0 saturated carbocycles. The van der Waals surface area contributed by atoms with Gasteiger partial charge in [0, 0.05) is 24.5 Å². The number of morpholine rings is 1. The van der Waals surface area contributed by atoms with Gasteiger partial charge in [0.2, 0.25) is 10.0 Å². The first-order chi connectivity index (χ1) is 12.0. The molecule has 1 aromatic heterocycles. The summed E-state index contributed by atoms with van der Waals surface area (Å²) in [6.07, 6.45) is 0. The van der Waals surface area contributed by atoms with Crippen LogP contribution in [-0.2, 0) is 14.8 Å². The monoisotopic (exact) mass is 388 g/mol. The highest BCUT2D eigenvalue weighted by molar-refractivity contribution is 7.89. The average molecular weight is 388 g/mol. The second-order valence-corrected chi connectivity index (χ2v) is 8.27. The van der Waals surface area contributed by atoms with E-state index in [1.165, 1.54) is 11.3 Å². The second-order valence-electron chi connectivity index (χ2n) is 5.58. The Labute approximate surface area is 149 Å². The van der Waals surface area contributed by atoms with Crippen molar-refractivity contribution in [3.63, 3.8) is 0 Å². The van der Waals surface area contributed by atoms with Crippen molar-refractivity contribution in [1.82, 2.24) is 9.62 Å². The molecule has 1 aliphatic heterocycles. The Hall–Kier alpha value is -1.39. The van der Waals surface area contributed by atoms with E-state index >= 15 is 0 Å². The number of halogens is 2. The van der Waals surface area contributed by atoms with Crippen molar-refractivity contribution in [3.8, 4) is 0 Å². The van der Waals surface area contributed by atoms with Gasteiger partial charge in [-0.3, -0.25) is 4.90 Å². The summed E-state index contributed by atoms with van der Waals surface area (Å²) in [5.74, 6) is -2.21. The SMILES string of the molecule is O=S(=O)(NCC(c1cccs1)N1CCOCC1)c1c(F)cccc1F. The lowest BCUT2D eigenvalue weighted by molar-refractivity contribution is 0.0179. The molecule has 25 heavy (non-hydrogen) atoms. The Morgan fingerprint density at radius 1 is 1.16 bits per heavy atom. The van der Waals surface area contributed by atoms with Crippen molar-refractivity contribution < 1.29 is 21.9 Å². The van der Waals surface area contributed by atoms with E-state index in [0.29, 0.717) is 26.3 Å². The van der Waals surface area contributed by atoms with Gasteiger partial charge in [-0.15, -0.1) is 11.3 Å². The highest BCUT2D eigenvalue weighted by Crippen LogP contribution is 2.26. The zero-order chi connectivity index (χ0) is 17.9. The molecule has 5 nitrogen and oxygen atoms in total. The third-order valence-electron chi connectivity index (χ3n) is 4.01. The lowest BCUT2D eigenvalue weighted by Crippen LogP contribution is -2.43. The van der Waals surface area contributed by atoms with E-state index < -0.39 is 26.6 Å². The standard InChI is InChI=1S/C16H18F2N2O3S2/c17-12-3-1-4-13(18)16(12)25(21,22)19-11-14(15-5-2-10-24-15)20-6-8-23-9-7-20/h1-5,10,14,19H,6-9,11H2. The first kappa shape index (κ1) is 18.4. The van der Waals surface area contributed by atoms with E-state index in [4.69, 9.17) is 4.74 Å². The largest absolute Gasteiger partial charge is 0.379 e. The van der Waals surface area contributed by atoms with Crippen molar-refractivity contribution in [3.05, 3.63) is 52.2 Å². The molecular formula is C16H18F2N2O3S2. The van der Waals surface area contributed by atoms with Crippen LogP contribution >= 0.6 is 11.3 Å². The Morgan fingerprint density at radius 2 is 1.84 bits per heavy atom. The van der Waals surface area contributed by atoms with Crippen LogP contribution in [0.5, 0.6) is 0 Å². The van der Waals surface area contributed by atoms with Crippen LogP contribution in [0.2, 0.25) is 0 Å². The molecule has 2 heterocycles. The third-order valence-corrected chi connectivity index (χ3v) is 6.46. The maximum Gasteiger partial charge on any atom is 0.246 e. The van der Waals surface area contributed by atoms with Gasteiger partial charge >= 0.3 is 0 Å². The normalized spacial score (nSPS) is 17.5. The summed E-state index contributed by atoms with van der Waals surface area (Å²) in [6.45, 7) is 2.49. The second kappa shape index (κ2) is 7.88. The van der Waals surface area contributed by atoms with Crippen molar-refractivity contribution in [2.24, 2.45) is 0 Å². The van der Waals surface area contributed by atoms with Crippen LogP contribution in [0, 0.1) is 11.6 Å². The summed E-state index contributed by atoms with van der Waals surface area (Å²) in [4.78, 5) is 2.15. The third kappa shape index (κ3) is 4.24. The van der Waals surface area contributed by atoms with Gasteiger partial charge in [0.1, 0.15) is 11.6 Å². The minimum Gasteiger partial charge on any atom is -0.379 e. The van der Waals surface area contributed by atoms with Crippen LogP contribution in [0.4, 0.5) is 8.78 Å². The number of rotatable bonds is 6. The molecule has 2 aromatic rings. The van der Waals surface area contributed by atoms with E-state index in [-0.39, 0.29) is 12.6 Å². The van der Waals surface area contributed by atoms with Crippen molar-refractivity contribution >= 4 is 21.4 Å². The lowest BCUT2D eigenvalue weighted by Gasteiger charge is -2.34. The van der Waals surface area contributed by atoms with Gasteiger partial charge < -0.3 is 4.74 Å². The molecule has 1 aromatic carbocycles. The van der Waals surface area contributed by atoms with E-state index in [9.17, 15) is 17.2 Å². The lowest BCUT2D eigenvalue weighted by atomic mass is 10.2. The summed E-state index contributed by atoms with van der Waals surface area (Å²) in [5.41, 5.74) is 0. The van der Waals surface area contributed by atoms with E-state index in [1.807, 2.05) is 17.5 Å². The van der Waals surface area contributed by atoms with Crippen LogP contribution < -0.4 is 4.72 Å². The van der Waals surface area contributed by atoms with Crippen molar-refractivity contribution in [2.75, 3.05) is 32.8 Å². The number of hydrogen-bond acceptors (Lipinski definition) is 5. The molecule has 136 valence electrons. The fourth-order valence-corrected chi connectivity index (χ4v) is 4.81. The summed E-state index contributed by atoms with van der Waals surface area (Å²) in [7, 11) is -4.30. The molecule has 1 aliphatic rings. The Kier molecular flexibility index (Phi) is 5.80. The molecular weight excluding hydrogens is 370 g/mol. The molecule has 1 atom stereocenters. The number of nitrogens with one attached hydrogen (secondary N) is 1. The summed E-state index contributed by atoms with van der Waals surface area (Å²) >= 11 is 1.51. The maximum absolute atomic E-state index is 13.8. The molecule has 3 rings (SSSR count). The Balaban J connectivity index is 1.81. The first-order valence-electron chi connectivity index (χ1n) is 7.78. The summed E-state index contributed by atoms with van der Waals surface area (Å²) in [5, 5.41) is 1.91. The van der Waals surface area contributed by atoms with Crippen LogP contribution in [0.25, 0.3) is 0 Å². The van der Waals surface area contributed by atoms with Gasteiger partial charge in [0.05, 0.1) is 19.3 Å². The molecule has 0 aliphatic carbocycles. The zero-order valence-electron chi connectivity index (χ0n) is 13.3. The molecule has 0 amide bonds. The number of ether oxygens (including phenoxy) is 1. The van der Waals surface area contributed by atoms with Crippen LogP contribution in [-0.4, -0.2) is 46.2 Å². The van der Waals surface area contributed by atoms with Crippen LogP contribution in [0.1, 0.15) is 10.9 Å². The predicted octanol–water partition coefficient (Wildman–Crippen LogP) is 2.38. The average Bonchev–Trinajstić information content (AvgIpc) is 3.10. The molecule has 1 unspecified atom stereocenters. The van der Waals surface area contributed by atoms with Gasteiger partial charge in [0.15, 0.2) is 4.90 Å². The summed E-state index contributed by atoms with van der Waals surface area (Å²) < 4.78 is 60.1. The van der Waals surface area contributed by atoms with Crippen LogP contribution in [0.15, 0.2) is 40.6 Å². The summed E-state index contributed by atoms with van der Waals surface area (Å²) in [6, 6.07) is 6.58. The molecule has 1 N–H and O–H groups in total. The first-order valence-corrected chi connectivity index (χ1v) is 10.1. The van der Waals surface area contributed by atoms with E-state index in [2.05, 4.69) is 9.62 Å². The maximum atomic E-state index is 13.8. The topological polar surface area (TPSA) is 58.6 Å². The molecule has 0 bridgehead atoms. The molecule has 0 radical (unpaired) electrons. The fourth-order valence-electron chi connectivity index (χ4n) is 2.78. The molecule has 0 spiro atoms. The van der Waals surface area contributed by atoms with Crippen LogP contribution in [0.3, 0.4) is 0 Å². The minimum atomic E-state index is -4.30. The van der Waals surface area contributed by atoms with Crippen molar-refractivity contribution in [2.45, 2.75) is 10.9 Å². The number of sulfonamides is 1. The van der Waals surface area contributed by atoms with Gasteiger partial charge in [-0.1, -0.05) is 12.1 Å². The Bertz CT molecular complexity index is 787. The fraction of sp³-hybridized carbons (Fsp3) is 0.375. The number of nitrogens with zero attached hydrogens (tertiary/aromatic N) is 1. The van der Waals surface area contributed by atoms with Gasteiger partial charge in [-0.25, -0.2) is 21.9 Å². The molecule has 9 heteroatoms. The van der Waals surface area contributed by atoms with Gasteiger partial charge in [0.25, 0.3) is 0 Å². The zero-order valence-corrected chi connectivity index (χ0v) is 15.0. The molecule has 1 saturated heterocycles. The number of benzene rings is 1. The number of thiophene rings is 1. The smallest absolute Gasteiger partial charge is 0.246 e. The number of hydrogen-bond donors (Lipinski definition) is 1. The van der Waals surface area contributed by atoms with Gasteiger partial charge in [-0.05, 0) is 23.6 Å². The quantitative estimate of drug-likeness (QED) is 0.826. The van der Waals surface area contributed by atoms with E-state index in [0.717, 1.165) is 23.1 Å². The molecule has 1 fully saturated rings. The highest BCUT2D eigenvalue weighted by atomic mass is 32.2. The minimum absolute atomic E-state index is 0.0244. The van der Waals surface area contributed by atoms with Crippen molar-refractivity contribution in [1.29, 1.82) is 0 Å². The Morgan fingerprint density at radius 3 is 2.44 bits per heavy atom. The predicted molar refractivity (Wildman–Crippen MR) is 91.0 cm³/mol. The highest BCUT2D eigenvalue weighted by Gasteiger charge is 2.28. The van der Waals surface area contributed by atoms with Gasteiger partial charge in [-0.2, -0.15) is 0 Å².